The minimum Gasteiger partial charge on any atom is -0.495 e. The van der Waals surface area contributed by atoms with Crippen molar-refractivity contribution in [3.8, 4) is 5.75 Å². The van der Waals surface area contributed by atoms with Crippen molar-refractivity contribution in [3.63, 3.8) is 0 Å². The van der Waals surface area contributed by atoms with E-state index in [-0.39, 0.29) is 12.5 Å². The average Bonchev–Trinajstić information content (AvgIpc) is 2.74. The van der Waals surface area contributed by atoms with Gasteiger partial charge in [-0.05, 0) is 48.2 Å². The van der Waals surface area contributed by atoms with E-state index in [1.165, 1.54) is 4.31 Å². The first kappa shape index (κ1) is 23.2. The molecule has 0 aromatic heterocycles. The largest absolute Gasteiger partial charge is 0.495 e. The van der Waals surface area contributed by atoms with Crippen molar-refractivity contribution in [1.29, 1.82) is 0 Å². The van der Waals surface area contributed by atoms with Gasteiger partial charge in [-0.3, -0.25) is 4.79 Å². The van der Waals surface area contributed by atoms with Crippen molar-refractivity contribution in [2.45, 2.75) is 31.6 Å². The van der Waals surface area contributed by atoms with Gasteiger partial charge >= 0.3 is 0 Å². The summed E-state index contributed by atoms with van der Waals surface area (Å²) in [5.41, 5.74) is 2.80. The van der Waals surface area contributed by atoms with E-state index in [0.717, 1.165) is 16.0 Å². The highest BCUT2D eigenvalue weighted by atomic mass is 32.2. The van der Waals surface area contributed by atoms with Gasteiger partial charge in [0.2, 0.25) is 10.0 Å². The van der Waals surface area contributed by atoms with Gasteiger partial charge in [0.25, 0.3) is 5.91 Å². The van der Waals surface area contributed by atoms with Gasteiger partial charge in [-0.1, -0.05) is 32.0 Å². The smallest absolute Gasteiger partial charge is 0.279 e. The fraction of sp³-hybridized carbons (Fsp3) is 0.435. The zero-order valence-electron chi connectivity index (χ0n) is 18.6. The molecule has 168 valence electrons. The molecule has 0 radical (unpaired) electrons. The van der Waals surface area contributed by atoms with Gasteiger partial charge in [0.1, 0.15) is 5.75 Å². The van der Waals surface area contributed by atoms with Crippen LogP contribution in [0.3, 0.4) is 0 Å². The van der Waals surface area contributed by atoms with Gasteiger partial charge in [-0.2, -0.15) is 4.31 Å². The number of quaternary nitrogens is 1. The Balaban J connectivity index is 1.56. The number of carbonyl (C=O) groups is 1. The Kier molecular flexibility index (Phi) is 7.35. The highest BCUT2D eigenvalue weighted by Gasteiger charge is 2.31. The molecule has 2 aromatic carbocycles. The Morgan fingerprint density at radius 3 is 2.35 bits per heavy atom. The minimum absolute atomic E-state index is 0.112. The van der Waals surface area contributed by atoms with E-state index in [9.17, 15) is 13.2 Å². The summed E-state index contributed by atoms with van der Waals surface area (Å²) in [6.07, 6.45) is 0. The summed E-state index contributed by atoms with van der Waals surface area (Å²) in [4.78, 5) is 13.9. The number of rotatable bonds is 7. The van der Waals surface area contributed by atoms with E-state index in [1.54, 1.807) is 19.2 Å². The Morgan fingerprint density at radius 2 is 1.77 bits per heavy atom. The van der Waals surface area contributed by atoms with Crippen LogP contribution < -0.4 is 15.0 Å². The fourth-order valence-corrected chi connectivity index (χ4v) is 5.18. The Bertz CT molecular complexity index is 1010. The zero-order chi connectivity index (χ0) is 22.6. The summed E-state index contributed by atoms with van der Waals surface area (Å²) in [6.45, 7) is 8.36. The summed E-state index contributed by atoms with van der Waals surface area (Å²) in [5.74, 6) is 0.864. The molecule has 0 atom stereocenters. The number of hydrogen-bond acceptors (Lipinski definition) is 4. The van der Waals surface area contributed by atoms with Crippen molar-refractivity contribution in [1.82, 2.24) is 4.31 Å². The van der Waals surface area contributed by atoms with Crippen molar-refractivity contribution >= 4 is 21.6 Å². The SMILES string of the molecule is COc1ccc(C)cc1NC(=O)C[NH+]1CCN(S(=O)(=O)c2ccc(C(C)C)cc2)CC1. The normalized spacial score (nSPS) is 15.8. The number of benzene rings is 2. The van der Waals surface area contributed by atoms with Crippen molar-refractivity contribution in [2.24, 2.45) is 0 Å². The number of nitrogens with one attached hydrogen (secondary N) is 2. The van der Waals surface area contributed by atoms with E-state index in [1.807, 2.05) is 37.3 Å². The number of methoxy groups -OCH3 is 1. The summed E-state index contributed by atoms with van der Waals surface area (Å²) in [5, 5.41) is 2.91. The lowest BCUT2D eigenvalue weighted by molar-refractivity contribution is -0.895. The second-order valence-corrected chi connectivity index (χ2v) is 10.2. The Labute approximate surface area is 185 Å². The Hall–Kier alpha value is -2.42. The molecule has 1 aliphatic heterocycles. The average molecular weight is 447 g/mol. The second-order valence-electron chi connectivity index (χ2n) is 8.31. The maximum absolute atomic E-state index is 13.0. The molecular weight excluding hydrogens is 414 g/mol. The summed E-state index contributed by atoms with van der Waals surface area (Å²) in [6, 6.07) is 12.8. The standard InChI is InChI=1S/C23H31N3O4S/c1-17(2)19-6-8-20(9-7-19)31(28,29)26-13-11-25(12-14-26)16-23(27)24-21-15-18(3)5-10-22(21)30-4/h5-10,15,17H,11-14,16H2,1-4H3,(H,24,27)/p+1. The molecule has 1 aliphatic rings. The predicted molar refractivity (Wildman–Crippen MR) is 121 cm³/mol. The molecule has 1 saturated heterocycles. The van der Waals surface area contributed by atoms with Gasteiger partial charge in [0.05, 0.1) is 43.9 Å². The van der Waals surface area contributed by atoms with Crippen LogP contribution in [0.25, 0.3) is 0 Å². The first-order valence-corrected chi connectivity index (χ1v) is 12.0. The number of anilines is 1. The molecule has 1 amide bonds. The quantitative estimate of drug-likeness (QED) is 0.678. The van der Waals surface area contributed by atoms with Crippen LogP contribution in [0, 0.1) is 6.92 Å². The zero-order valence-corrected chi connectivity index (χ0v) is 19.5. The molecule has 7 nitrogen and oxygen atoms in total. The molecule has 0 spiro atoms. The van der Waals surface area contributed by atoms with Gasteiger partial charge in [-0.25, -0.2) is 8.42 Å². The van der Waals surface area contributed by atoms with Crippen molar-refractivity contribution < 1.29 is 22.8 Å². The van der Waals surface area contributed by atoms with Crippen molar-refractivity contribution in [3.05, 3.63) is 53.6 Å². The summed E-state index contributed by atoms with van der Waals surface area (Å²) in [7, 11) is -1.94. The van der Waals surface area contributed by atoms with Gasteiger partial charge in [-0.15, -0.1) is 0 Å². The van der Waals surface area contributed by atoms with E-state index in [4.69, 9.17) is 4.74 Å². The van der Waals surface area contributed by atoms with Crippen LogP contribution in [0.5, 0.6) is 5.75 Å². The number of aryl methyl sites for hydroxylation is 1. The number of ether oxygens (including phenoxy) is 1. The van der Waals surface area contributed by atoms with Crippen LogP contribution >= 0.6 is 0 Å². The molecule has 8 heteroatoms. The highest BCUT2D eigenvalue weighted by molar-refractivity contribution is 7.89. The maximum atomic E-state index is 13.0. The number of amides is 1. The summed E-state index contributed by atoms with van der Waals surface area (Å²) < 4.78 is 32.8. The van der Waals surface area contributed by atoms with E-state index in [2.05, 4.69) is 19.2 Å². The van der Waals surface area contributed by atoms with Crippen LogP contribution in [0.1, 0.15) is 30.9 Å². The molecule has 1 heterocycles. The minimum atomic E-state index is -3.52. The molecule has 0 unspecified atom stereocenters. The lowest BCUT2D eigenvalue weighted by Crippen LogP contribution is -3.15. The molecule has 3 rings (SSSR count). The van der Waals surface area contributed by atoms with Crippen LogP contribution in [-0.2, 0) is 14.8 Å². The molecule has 0 bridgehead atoms. The predicted octanol–water partition coefficient (Wildman–Crippen LogP) is 1.65. The first-order chi connectivity index (χ1) is 14.7. The van der Waals surface area contributed by atoms with E-state index < -0.39 is 10.0 Å². The Morgan fingerprint density at radius 1 is 1.13 bits per heavy atom. The lowest BCUT2D eigenvalue weighted by Gasteiger charge is -2.31. The van der Waals surface area contributed by atoms with Crippen LogP contribution in [0.2, 0.25) is 0 Å². The lowest BCUT2D eigenvalue weighted by atomic mass is 10.0. The van der Waals surface area contributed by atoms with Crippen LogP contribution in [-0.4, -0.2) is 58.5 Å². The number of nitrogens with zero attached hydrogens (tertiary/aromatic N) is 1. The maximum Gasteiger partial charge on any atom is 0.279 e. The monoisotopic (exact) mass is 446 g/mol. The third-order valence-electron chi connectivity index (χ3n) is 5.65. The number of piperazine rings is 1. The van der Waals surface area contributed by atoms with Crippen LogP contribution in [0.15, 0.2) is 47.4 Å². The van der Waals surface area contributed by atoms with Crippen molar-refractivity contribution in [2.75, 3.05) is 45.2 Å². The third-order valence-corrected chi connectivity index (χ3v) is 7.57. The first-order valence-electron chi connectivity index (χ1n) is 10.6. The van der Waals surface area contributed by atoms with E-state index >= 15 is 0 Å². The second kappa shape index (κ2) is 9.80. The highest BCUT2D eigenvalue weighted by Crippen LogP contribution is 2.25. The molecule has 0 aliphatic carbocycles. The fourth-order valence-electron chi connectivity index (χ4n) is 3.73. The van der Waals surface area contributed by atoms with Gasteiger partial charge in [0.15, 0.2) is 6.54 Å². The van der Waals surface area contributed by atoms with Gasteiger partial charge < -0.3 is 15.0 Å². The molecule has 2 aromatic rings. The molecular formula is C23H32N3O4S+. The van der Waals surface area contributed by atoms with Gasteiger partial charge in [0, 0.05) is 0 Å². The van der Waals surface area contributed by atoms with Crippen LogP contribution in [0.4, 0.5) is 5.69 Å². The topological polar surface area (TPSA) is 80.2 Å². The number of carbonyl (C=O) groups excluding carboxylic acids is 1. The number of hydrogen-bond donors (Lipinski definition) is 2. The molecule has 0 saturated carbocycles. The molecule has 2 N–H and O–H groups in total. The number of sulfonamides is 1. The third kappa shape index (κ3) is 5.64. The molecule has 1 fully saturated rings. The summed E-state index contributed by atoms with van der Waals surface area (Å²) >= 11 is 0. The molecule has 31 heavy (non-hydrogen) atoms. The van der Waals surface area contributed by atoms with E-state index in [0.29, 0.717) is 48.4 Å².